The first-order chi connectivity index (χ1) is 11.6. The smallest absolute Gasteiger partial charge is 0.231 e. The van der Waals surface area contributed by atoms with Gasteiger partial charge in [0.1, 0.15) is 0 Å². The van der Waals surface area contributed by atoms with E-state index in [0.29, 0.717) is 5.11 Å². The summed E-state index contributed by atoms with van der Waals surface area (Å²) in [6, 6.07) is 8.04. The fourth-order valence-corrected chi connectivity index (χ4v) is 2.65. The molecule has 2 rings (SSSR count). The normalized spacial score (nSPS) is 11.3. The number of thiocarbonyl (C=S) groups is 1. The molecule has 2 aromatic rings. The third-order valence-electron chi connectivity index (χ3n) is 4.16. The molecule has 25 heavy (non-hydrogen) atoms. The van der Waals surface area contributed by atoms with E-state index in [0.717, 1.165) is 17.8 Å². The highest BCUT2D eigenvalue weighted by Crippen LogP contribution is 2.19. The molecule has 0 saturated heterocycles. The molecule has 0 aliphatic rings. The Hall–Kier alpha value is -2.21. The summed E-state index contributed by atoms with van der Waals surface area (Å²) in [4.78, 5) is 11.9. The van der Waals surface area contributed by atoms with Crippen molar-refractivity contribution >= 4 is 28.9 Å². The Morgan fingerprint density at radius 1 is 1.20 bits per heavy atom. The zero-order valence-electron chi connectivity index (χ0n) is 15.7. The Morgan fingerprint density at radius 2 is 1.80 bits per heavy atom. The highest BCUT2D eigenvalue weighted by atomic mass is 32.1. The van der Waals surface area contributed by atoms with Crippen molar-refractivity contribution in [3.63, 3.8) is 0 Å². The van der Waals surface area contributed by atoms with E-state index in [2.05, 4.69) is 34.8 Å². The summed E-state index contributed by atoms with van der Waals surface area (Å²) in [5.41, 5.74) is 5.09. The maximum atomic E-state index is 11.9. The van der Waals surface area contributed by atoms with Crippen LogP contribution in [0.5, 0.6) is 0 Å². The SMILES string of the molecule is Cc1nn(C)c(C)c1Cc1ccc(NC(=S)NC(=O)C(C)(C)C)cc1. The van der Waals surface area contributed by atoms with E-state index in [1.807, 2.05) is 51.6 Å². The molecule has 0 unspecified atom stereocenters. The lowest BCUT2D eigenvalue weighted by Gasteiger charge is -2.18. The Morgan fingerprint density at radius 3 is 2.28 bits per heavy atom. The predicted molar refractivity (Wildman–Crippen MR) is 106 cm³/mol. The standard InChI is InChI=1S/C19H26N4OS/c1-12-16(13(2)23(6)22-12)11-14-7-9-15(10-8-14)20-18(25)21-17(24)19(3,4)5/h7-10H,11H2,1-6H3,(H2,20,21,24,25). The lowest BCUT2D eigenvalue weighted by molar-refractivity contribution is -0.126. The summed E-state index contributed by atoms with van der Waals surface area (Å²) in [6.07, 6.45) is 0.844. The predicted octanol–water partition coefficient (Wildman–Crippen LogP) is 3.49. The number of nitrogens with zero attached hydrogens (tertiary/aromatic N) is 2. The topological polar surface area (TPSA) is 59.0 Å². The molecule has 0 aliphatic carbocycles. The zero-order valence-corrected chi connectivity index (χ0v) is 16.5. The van der Waals surface area contributed by atoms with Gasteiger partial charge in [-0.2, -0.15) is 5.10 Å². The average molecular weight is 359 g/mol. The average Bonchev–Trinajstić information content (AvgIpc) is 2.74. The summed E-state index contributed by atoms with van der Waals surface area (Å²) in [6.45, 7) is 9.67. The van der Waals surface area contributed by atoms with Crippen LogP contribution in [0.25, 0.3) is 0 Å². The van der Waals surface area contributed by atoms with Gasteiger partial charge in [-0.05, 0) is 43.8 Å². The van der Waals surface area contributed by atoms with Gasteiger partial charge in [-0.25, -0.2) is 0 Å². The number of benzene rings is 1. The number of rotatable bonds is 3. The van der Waals surface area contributed by atoms with Gasteiger partial charge in [-0.1, -0.05) is 32.9 Å². The first kappa shape index (κ1) is 19.1. The molecular formula is C19H26N4OS. The van der Waals surface area contributed by atoms with Crippen molar-refractivity contribution in [1.82, 2.24) is 15.1 Å². The van der Waals surface area contributed by atoms with Crippen molar-refractivity contribution in [3.8, 4) is 0 Å². The number of amides is 1. The Bertz CT molecular complexity index is 785. The molecule has 5 nitrogen and oxygen atoms in total. The molecule has 1 amide bonds. The first-order valence-electron chi connectivity index (χ1n) is 8.28. The maximum absolute atomic E-state index is 11.9. The van der Waals surface area contributed by atoms with Gasteiger partial charge in [0.2, 0.25) is 5.91 Å². The maximum Gasteiger partial charge on any atom is 0.231 e. The van der Waals surface area contributed by atoms with E-state index in [1.54, 1.807) is 0 Å². The first-order valence-corrected chi connectivity index (χ1v) is 8.69. The summed E-state index contributed by atoms with van der Waals surface area (Å²) in [7, 11) is 1.96. The van der Waals surface area contributed by atoms with Gasteiger partial charge in [0.05, 0.1) is 5.69 Å². The number of carbonyl (C=O) groups is 1. The quantitative estimate of drug-likeness (QED) is 0.825. The van der Waals surface area contributed by atoms with E-state index >= 15 is 0 Å². The van der Waals surface area contributed by atoms with Crippen molar-refractivity contribution in [3.05, 3.63) is 46.8 Å². The lowest BCUT2D eigenvalue weighted by atomic mass is 9.96. The second-order valence-electron chi connectivity index (χ2n) is 7.30. The van der Waals surface area contributed by atoms with Gasteiger partial charge in [-0.3, -0.25) is 9.48 Å². The number of aromatic nitrogens is 2. The van der Waals surface area contributed by atoms with Crippen LogP contribution in [0.2, 0.25) is 0 Å². The molecular weight excluding hydrogens is 332 g/mol. The molecule has 0 spiro atoms. The lowest BCUT2D eigenvalue weighted by Crippen LogP contribution is -2.41. The molecule has 1 heterocycles. The largest absolute Gasteiger partial charge is 0.332 e. The highest BCUT2D eigenvalue weighted by Gasteiger charge is 2.21. The van der Waals surface area contributed by atoms with E-state index < -0.39 is 5.41 Å². The van der Waals surface area contributed by atoms with Gasteiger partial charge in [-0.15, -0.1) is 0 Å². The molecule has 1 aromatic carbocycles. The molecule has 6 heteroatoms. The zero-order chi connectivity index (χ0) is 18.8. The van der Waals surface area contributed by atoms with Crippen LogP contribution >= 0.6 is 12.2 Å². The summed E-state index contributed by atoms with van der Waals surface area (Å²) in [5.74, 6) is -0.107. The number of carbonyl (C=O) groups excluding carboxylic acids is 1. The molecule has 0 radical (unpaired) electrons. The Kier molecular flexibility index (Phi) is 5.62. The fraction of sp³-hybridized carbons (Fsp3) is 0.421. The second kappa shape index (κ2) is 7.35. The molecule has 2 N–H and O–H groups in total. The number of hydrogen-bond donors (Lipinski definition) is 2. The third-order valence-corrected chi connectivity index (χ3v) is 4.36. The highest BCUT2D eigenvalue weighted by molar-refractivity contribution is 7.80. The van der Waals surface area contributed by atoms with Crippen LogP contribution in [0.15, 0.2) is 24.3 Å². The van der Waals surface area contributed by atoms with Crippen LogP contribution in [0.3, 0.4) is 0 Å². The molecule has 0 aliphatic heterocycles. The van der Waals surface area contributed by atoms with Crippen LogP contribution in [-0.2, 0) is 18.3 Å². The van der Waals surface area contributed by atoms with Gasteiger partial charge < -0.3 is 10.6 Å². The van der Waals surface area contributed by atoms with Gasteiger partial charge >= 0.3 is 0 Å². The number of hydrogen-bond acceptors (Lipinski definition) is 3. The van der Waals surface area contributed by atoms with Crippen molar-refractivity contribution in [2.45, 2.75) is 41.0 Å². The number of aryl methyl sites for hydroxylation is 2. The van der Waals surface area contributed by atoms with Crippen LogP contribution in [0.1, 0.15) is 43.3 Å². The van der Waals surface area contributed by atoms with E-state index in [-0.39, 0.29) is 5.91 Å². The van der Waals surface area contributed by atoms with Gasteiger partial charge in [0.25, 0.3) is 0 Å². The Labute approximate surface area is 154 Å². The van der Waals surface area contributed by atoms with Gasteiger partial charge in [0, 0.05) is 35.8 Å². The molecule has 0 atom stereocenters. The van der Waals surface area contributed by atoms with Crippen LogP contribution < -0.4 is 10.6 Å². The minimum Gasteiger partial charge on any atom is -0.332 e. The molecule has 1 aromatic heterocycles. The van der Waals surface area contributed by atoms with Crippen molar-refractivity contribution < 1.29 is 4.79 Å². The third kappa shape index (κ3) is 4.89. The van der Waals surface area contributed by atoms with Crippen molar-refractivity contribution in [2.24, 2.45) is 12.5 Å². The second-order valence-corrected chi connectivity index (χ2v) is 7.71. The Balaban J connectivity index is 2.00. The minimum absolute atomic E-state index is 0.107. The van der Waals surface area contributed by atoms with Crippen LogP contribution in [-0.4, -0.2) is 20.8 Å². The molecule has 0 bridgehead atoms. The molecule has 0 fully saturated rings. The molecule has 0 saturated carbocycles. The van der Waals surface area contributed by atoms with Crippen molar-refractivity contribution in [1.29, 1.82) is 0 Å². The molecule has 134 valence electrons. The fourth-order valence-electron chi connectivity index (χ4n) is 2.44. The summed E-state index contributed by atoms with van der Waals surface area (Å²) >= 11 is 5.20. The van der Waals surface area contributed by atoms with Gasteiger partial charge in [0.15, 0.2) is 5.11 Å². The summed E-state index contributed by atoms with van der Waals surface area (Å²) < 4.78 is 1.91. The van der Waals surface area contributed by atoms with E-state index in [4.69, 9.17) is 12.2 Å². The van der Waals surface area contributed by atoms with E-state index in [1.165, 1.54) is 16.8 Å². The van der Waals surface area contributed by atoms with Crippen molar-refractivity contribution in [2.75, 3.05) is 5.32 Å². The number of anilines is 1. The summed E-state index contributed by atoms with van der Waals surface area (Å²) in [5, 5.41) is 10.5. The van der Waals surface area contributed by atoms with E-state index in [9.17, 15) is 4.79 Å². The number of nitrogens with one attached hydrogen (secondary N) is 2. The van der Waals surface area contributed by atoms with Crippen LogP contribution in [0, 0.1) is 19.3 Å². The monoisotopic (exact) mass is 358 g/mol. The minimum atomic E-state index is -0.477. The van der Waals surface area contributed by atoms with Crippen LogP contribution in [0.4, 0.5) is 5.69 Å².